The van der Waals surface area contributed by atoms with Gasteiger partial charge in [-0.05, 0) is 30.9 Å². The summed E-state index contributed by atoms with van der Waals surface area (Å²) in [6.07, 6.45) is 2.14. The average molecular weight is 264 g/mol. The van der Waals surface area contributed by atoms with Gasteiger partial charge in [0, 0.05) is 12.7 Å². The maximum absolute atomic E-state index is 12.2. The van der Waals surface area contributed by atoms with E-state index in [1.54, 1.807) is 4.68 Å². The lowest BCUT2D eigenvalue weighted by molar-refractivity contribution is 0.0993. The fourth-order valence-corrected chi connectivity index (χ4v) is 2.54. The van der Waals surface area contributed by atoms with Gasteiger partial charge < -0.3 is 0 Å². The number of carbonyl (C=O) groups is 1. The Bertz CT molecular complexity index is 558. The van der Waals surface area contributed by atoms with Crippen molar-refractivity contribution >= 4 is 17.3 Å². The van der Waals surface area contributed by atoms with Gasteiger partial charge in [0.1, 0.15) is 4.88 Å². The molecule has 0 aliphatic carbocycles. The predicted octanol–water partition coefficient (Wildman–Crippen LogP) is 1.96. The molecule has 2 aromatic rings. The van der Waals surface area contributed by atoms with E-state index in [0.717, 1.165) is 29.9 Å². The highest BCUT2D eigenvalue weighted by Gasteiger charge is 2.17. The largest absolute Gasteiger partial charge is 0.293 e. The van der Waals surface area contributed by atoms with Crippen molar-refractivity contribution in [2.24, 2.45) is 7.05 Å². The smallest absolute Gasteiger partial charge is 0.182 e. The molecule has 96 valence electrons. The molecule has 0 aliphatic rings. The number of hydrogen-bond acceptors (Lipinski definition) is 5. The van der Waals surface area contributed by atoms with Crippen LogP contribution < -0.4 is 0 Å². The van der Waals surface area contributed by atoms with E-state index in [4.69, 9.17) is 0 Å². The van der Waals surface area contributed by atoms with Crippen LogP contribution in [0.5, 0.6) is 0 Å². The van der Waals surface area contributed by atoms with Crippen LogP contribution in [0, 0.1) is 6.92 Å². The molecule has 0 saturated carbocycles. The fraction of sp³-hybridized carbons (Fsp3) is 0.500. The highest BCUT2D eigenvalue weighted by Crippen LogP contribution is 2.16. The Morgan fingerprint density at radius 3 is 2.89 bits per heavy atom. The zero-order chi connectivity index (χ0) is 13.1. The second-order valence-electron chi connectivity index (χ2n) is 4.30. The third kappa shape index (κ3) is 2.64. The number of aromatic nitrogens is 4. The molecule has 0 unspecified atom stereocenters. The number of nitrogens with zero attached hydrogens (tertiary/aromatic N) is 4. The molecule has 0 atom stereocenters. The standard InChI is InChI=1S/C12H16N4OS/c1-4-5-10-12(18-15-13-10)11(17)7-9-6-8(2)14-16(9)3/h6H,4-5,7H2,1-3H3. The van der Waals surface area contributed by atoms with Crippen molar-refractivity contribution < 1.29 is 4.79 Å². The normalized spacial score (nSPS) is 10.8. The highest BCUT2D eigenvalue weighted by molar-refractivity contribution is 7.08. The minimum atomic E-state index is 0.0800. The zero-order valence-electron chi connectivity index (χ0n) is 10.8. The van der Waals surface area contributed by atoms with Gasteiger partial charge in [-0.15, -0.1) is 5.10 Å². The first-order chi connectivity index (χ1) is 8.61. The Labute approximate surface area is 110 Å². The van der Waals surface area contributed by atoms with Gasteiger partial charge in [0.2, 0.25) is 0 Å². The van der Waals surface area contributed by atoms with E-state index in [0.29, 0.717) is 11.3 Å². The number of aryl methyl sites for hydroxylation is 3. The molecule has 0 bridgehead atoms. The molecule has 0 spiro atoms. The molecule has 0 radical (unpaired) electrons. The van der Waals surface area contributed by atoms with Gasteiger partial charge in [-0.3, -0.25) is 9.48 Å². The van der Waals surface area contributed by atoms with Crippen molar-refractivity contribution in [1.29, 1.82) is 0 Å². The van der Waals surface area contributed by atoms with E-state index in [-0.39, 0.29) is 5.78 Å². The number of carbonyl (C=O) groups excluding carboxylic acids is 1. The summed E-state index contributed by atoms with van der Waals surface area (Å²) in [6, 6.07) is 1.94. The van der Waals surface area contributed by atoms with E-state index < -0.39 is 0 Å². The maximum Gasteiger partial charge on any atom is 0.182 e. The van der Waals surface area contributed by atoms with Crippen LogP contribution in [-0.2, 0) is 19.9 Å². The Morgan fingerprint density at radius 1 is 1.50 bits per heavy atom. The van der Waals surface area contributed by atoms with Gasteiger partial charge in [0.05, 0.1) is 17.8 Å². The minimum absolute atomic E-state index is 0.0800. The summed E-state index contributed by atoms with van der Waals surface area (Å²) in [5, 5.41) is 8.26. The molecule has 0 aliphatic heterocycles. The summed E-state index contributed by atoms with van der Waals surface area (Å²) in [4.78, 5) is 12.9. The molecule has 5 nitrogen and oxygen atoms in total. The molecule has 0 aromatic carbocycles. The van der Waals surface area contributed by atoms with Crippen LogP contribution in [0.1, 0.15) is 40.1 Å². The van der Waals surface area contributed by atoms with Crippen LogP contribution in [0.4, 0.5) is 0 Å². The van der Waals surface area contributed by atoms with Crippen molar-refractivity contribution in [1.82, 2.24) is 19.4 Å². The van der Waals surface area contributed by atoms with E-state index in [1.165, 1.54) is 11.5 Å². The Hall–Kier alpha value is -1.56. The van der Waals surface area contributed by atoms with E-state index >= 15 is 0 Å². The van der Waals surface area contributed by atoms with Gasteiger partial charge in [-0.2, -0.15) is 5.10 Å². The molecule has 2 rings (SSSR count). The van der Waals surface area contributed by atoms with E-state index in [1.807, 2.05) is 20.0 Å². The molecule has 2 heterocycles. The van der Waals surface area contributed by atoms with Gasteiger partial charge in [0.15, 0.2) is 5.78 Å². The first kappa shape index (κ1) is 12.9. The van der Waals surface area contributed by atoms with Gasteiger partial charge in [-0.25, -0.2) is 0 Å². The Kier molecular flexibility index (Phi) is 3.86. The molecule has 0 N–H and O–H groups in total. The SMILES string of the molecule is CCCc1nnsc1C(=O)Cc1cc(C)nn1C. The number of hydrogen-bond donors (Lipinski definition) is 0. The first-order valence-electron chi connectivity index (χ1n) is 5.95. The second kappa shape index (κ2) is 5.39. The molecule has 6 heteroatoms. The van der Waals surface area contributed by atoms with Crippen molar-refractivity contribution in [2.75, 3.05) is 0 Å². The lowest BCUT2D eigenvalue weighted by Crippen LogP contribution is -2.08. The Balaban J connectivity index is 2.17. The van der Waals surface area contributed by atoms with Crippen LogP contribution in [0.2, 0.25) is 0 Å². The number of rotatable bonds is 5. The van der Waals surface area contributed by atoms with Crippen molar-refractivity contribution in [3.63, 3.8) is 0 Å². The lowest BCUT2D eigenvalue weighted by atomic mass is 10.1. The molecule has 2 aromatic heterocycles. The highest BCUT2D eigenvalue weighted by atomic mass is 32.1. The summed E-state index contributed by atoms with van der Waals surface area (Å²) in [5.74, 6) is 0.0800. The third-order valence-electron chi connectivity index (χ3n) is 2.74. The van der Waals surface area contributed by atoms with Crippen LogP contribution in [0.25, 0.3) is 0 Å². The average Bonchev–Trinajstić information content (AvgIpc) is 2.87. The summed E-state index contributed by atoms with van der Waals surface area (Å²) < 4.78 is 5.63. The van der Waals surface area contributed by atoms with E-state index in [9.17, 15) is 4.79 Å². The van der Waals surface area contributed by atoms with Crippen molar-refractivity contribution in [3.05, 3.63) is 28.0 Å². The van der Waals surface area contributed by atoms with E-state index in [2.05, 4.69) is 21.6 Å². The van der Waals surface area contributed by atoms with Gasteiger partial charge >= 0.3 is 0 Å². The summed E-state index contributed by atoms with van der Waals surface area (Å²) in [6.45, 7) is 3.99. The molecular weight excluding hydrogens is 248 g/mol. The lowest BCUT2D eigenvalue weighted by Gasteiger charge is -2.00. The predicted molar refractivity (Wildman–Crippen MR) is 69.9 cm³/mol. The van der Waals surface area contributed by atoms with Gasteiger partial charge in [0.25, 0.3) is 0 Å². The first-order valence-corrected chi connectivity index (χ1v) is 6.73. The molecule has 0 fully saturated rings. The number of ketones is 1. The minimum Gasteiger partial charge on any atom is -0.293 e. The van der Waals surface area contributed by atoms with Gasteiger partial charge in [-0.1, -0.05) is 17.8 Å². The van der Waals surface area contributed by atoms with Crippen LogP contribution in [0.15, 0.2) is 6.07 Å². The summed E-state index contributed by atoms with van der Waals surface area (Å²) in [5.41, 5.74) is 2.68. The van der Waals surface area contributed by atoms with Crippen LogP contribution in [-0.4, -0.2) is 25.2 Å². The third-order valence-corrected chi connectivity index (χ3v) is 3.55. The molecule has 18 heavy (non-hydrogen) atoms. The summed E-state index contributed by atoms with van der Waals surface area (Å²) >= 11 is 1.19. The monoisotopic (exact) mass is 264 g/mol. The van der Waals surface area contributed by atoms with Crippen LogP contribution >= 0.6 is 11.5 Å². The summed E-state index contributed by atoms with van der Waals surface area (Å²) in [7, 11) is 1.85. The Morgan fingerprint density at radius 2 is 2.28 bits per heavy atom. The topological polar surface area (TPSA) is 60.7 Å². The maximum atomic E-state index is 12.2. The fourth-order valence-electron chi connectivity index (χ4n) is 1.90. The zero-order valence-corrected chi connectivity index (χ0v) is 11.6. The van der Waals surface area contributed by atoms with Crippen LogP contribution in [0.3, 0.4) is 0 Å². The van der Waals surface area contributed by atoms with Crippen molar-refractivity contribution in [3.8, 4) is 0 Å². The molecular formula is C12H16N4OS. The number of Topliss-reactive ketones (excluding diaryl/α,β-unsaturated/α-hetero) is 1. The quantitative estimate of drug-likeness (QED) is 0.774. The molecule has 0 saturated heterocycles. The molecule has 0 amide bonds. The second-order valence-corrected chi connectivity index (χ2v) is 5.05. The van der Waals surface area contributed by atoms with Crippen molar-refractivity contribution in [2.45, 2.75) is 33.1 Å².